The molecule has 1 rings (SSSR count). The van der Waals surface area contributed by atoms with E-state index < -0.39 is 5.97 Å². The van der Waals surface area contributed by atoms with Crippen LogP contribution in [0.1, 0.15) is 18.7 Å². The van der Waals surface area contributed by atoms with Crippen LogP contribution in [0.15, 0.2) is 22.8 Å². The van der Waals surface area contributed by atoms with Crippen molar-refractivity contribution in [3.8, 4) is 0 Å². The van der Waals surface area contributed by atoms with Crippen molar-refractivity contribution < 1.29 is 19.1 Å². The average Bonchev–Trinajstić information content (AvgIpc) is 2.76. The summed E-state index contributed by atoms with van der Waals surface area (Å²) >= 11 is 0. The number of carbonyl (C=O) groups is 1. The fourth-order valence-corrected chi connectivity index (χ4v) is 1.50. The number of hydrogen-bond acceptors (Lipinski definition) is 4. The van der Waals surface area contributed by atoms with Crippen LogP contribution in [0, 0.1) is 0 Å². The number of rotatable bonds is 7. The molecule has 0 spiro atoms. The predicted molar refractivity (Wildman–Crippen MR) is 58.2 cm³/mol. The van der Waals surface area contributed by atoms with Crippen LogP contribution in [-0.4, -0.2) is 42.8 Å². The Bertz CT molecular complexity index is 310. The van der Waals surface area contributed by atoms with Gasteiger partial charge in [0, 0.05) is 13.7 Å². The van der Waals surface area contributed by atoms with E-state index in [4.69, 9.17) is 14.3 Å². The van der Waals surface area contributed by atoms with E-state index in [2.05, 4.69) is 0 Å². The summed E-state index contributed by atoms with van der Waals surface area (Å²) in [6, 6.07) is 3.56. The molecule has 1 aromatic rings. The predicted octanol–water partition coefficient (Wildman–Crippen LogP) is 1.37. The zero-order valence-electron chi connectivity index (χ0n) is 9.55. The molecular weight excluding hydrogens is 210 g/mol. The molecule has 0 saturated heterocycles. The second kappa shape index (κ2) is 6.30. The minimum absolute atomic E-state index is 0.0226. The summed E-state index contributed by atoms with van der Waals surface area (Å²) in [6.45, 7) is 2.95. The molecular formula is C11H17NO4. The Hall–Kier alpha value is -1.33. The summed E-state index contributed by atoms with van der Waals surface area (Å²) in [5.41, 5.74) is 0. The van der Waals surface area contributed by atoms with Crippen molar-refractivity contribution in [2.75, 3.05) is 26.8 Å². The van der Waals surface area contributed by atoms with Gasteiger partial charge in [-0.25, -0.2) is 0 Å². The van der Waals surface area contributed by atoms with Gasteiger partial charge in [0.05, 0.1) is 25.5 Å². The molecule has 1 N–H and O–H groups in total. The molecule has 0 bridgehead atoms. The lowest BCUT2D eigenvalue weighted by Gasteiger charge is -2.25. The summed E-state index contributed by atoms with van der Waals surface area (Å²) in [4.78, 5) is 12.5. The third-order valence-corrected chi connectivity index (χ3v) is 2.42. The summed E-state index contributed by atoms with van der Waals surface area (Å²) in [7, 11) is 1.59. The number of ether oxygens (including phenoxy) is 1. The van der Waals surface area contributed by atoms with Gasteiger partial charge in [0.1, 0.15) is 5.76 Å². The van der Waals surface area contributed by atoms with Gasteiger partial charge in [-0.05, 0) is 19.1 Å². The maximum Gasteiger partial charge on any atom is 0.317 e. The van der Waals surface area contributed by atoms with E-state index in [0.717, 1.165) is 5.76 Å². The monoisotopic (exact) mass is 227 g/mol. The smallest absolute Gasteiger partial charge is 0.317 e. The zero-order chi connectivity index (χ0) is 12.0. The van der Waals surface area contributed by atoms with E-state index in [1.807, 2.05) is 13.0 Å². The van der Waals surface area contributed by atoms with Crippen molar-refractivity contribution in [2.45, 2.75) is 13.0 Å². The van der Waals surface area contributed by atoms with Crippen LogP contribution in [0.4, 0.5) is 0 Å². The van der Waals surface area contributed by atoms with E-state index >= 15 is 0 Å². The molecule has 5 nitrogen and oxygen atoms in total. The summed E-state index contributed by atoms with van der Waals surface area (Å²) < 4.78 is 10.2. The second-order valence-corrected chi connectivity index (χ2v) is 3.55. The SMILES string of the molecule is COCCN(CC(=O)O)C(C)c1ccco1. The molecule has 1 unspecified atom stereocenters. The molecule has 0 aromatic carbocycles. The molecule has 0 radical (unpaired) electrons. The molecule has 1 aromatic heterocycles. The molecule has 0 aliphatic heterocycles. The number of furan rings is 1. The van der Waals surface area contributed by atoms with Crippen LogP contribution in [0.5, 0.6) is 0 Å². The van der Waals surface area contributed by atoms with Crippen LogP contribution in [0.25, 0.3) is 0 Å². The lowest BCUT2D eigenvalue weighted by atomic mass is 10.2. The van der Waals surface area contributed by atoms with Crippen molar-refractivity contribution >= 4 is 5.97 Å². The maximum atomic E-state index is 10.7. The second-order valence-electron chi connectivity index (χ2n) is 3.55. The Morgan fingerprint density at radius 1 is 1.69 bits per heavy atom. The first kappa shape index (κ1) is 12.7. The highest BCUT2D eigenvalue weighted by Crippen LogP contribution is 2.19. The summed E-state index contributed by atoms with van der Waals surface area (Å²) in [6.07, 6.45) is 1.58. The summed E-state index contributed by atoms with van der Waals surface area (Å²) in [5.74, 6) is -0.0909. The largest absolute Gasteiger partial charge is 0.480 e. The molecule has 0 saturated carbocycles. The van der Waals surface area contributed by atoms with E-state index in [9.17, 15) is 4.79 Å². The molecule has 1 heterocycles. The lowest BCUT2D eigenvalue weighted by molar-refractivity contribution is -0.139. The van der Waals surface area contributed by atoms with Crippen molar-refractivity contribution in [1.82, 2.24) is 4.90 Å². The van der Waals surface area contributed by atoms with Gasteiger partial charge in [-0.2, -0.15) is 0 Å². The third-order valence-electron chi connectivity index (χ3n) is 2.42. The van der Waals surface area contributed by atoms with E-state index in [1.165, 1.54) is 0 Å². The van der Waals surface area contributed by atoms with Crippen molar-refractivity contribution in [1.29, 1.82) is 0 Å². The normalized spacial score (nSPS) is 12.9. The molecule has 1 atom stereocenters. The van der Waals surface area contributed by atoms with Crippen molar-refractivity contribution in [2.24, 2.45) is 0 Å². The van der Waals surface area contributed by atoms with Gasteiger partial charge in [0.2, 0.25) is 0 Å². The van der Waals surface area contributed by atoms with Gasteiger partial charge in [-0.15, -0.1) is 0 Å². The van der Waals surface area contributed by atoms with Gasteiger partial charge in [0.15, 0.2) is 0 Å². The Labute approximate surface area is 94.6 Å². The molecule has 0 amide bonds. The van der Waals surface area contributed by atoms with Crippen molar-refractivity contribution in [3.63, 3.8) is 0 Å². The van der Waals surface area contributed by atoms with Gasteiger partial charge in [-0.3, -0.25) is 9.69 Å². The van der Waals surface area contributed by atoms with E-state index in [-0.39, 0.29) is 12.6 Å². The number of hydrogen-bond donors (Lipinski definition) is 1. The first-order chi connectivity index (χ1) is 7.65. The third kappa shape index (κ3) is 3.67. The first-order valence-electron chi connectivity index (χ1n) is 5.13. The quantitative estimate of drug-likeness (QED) is 0.762. The van der Waals surface area contributed by atoms with Crippen molar-refractivity contribution in [3.05, 3.63) is 24.2 Å². The average molecular weight is 227 g/mol. The minimum Gasteiger partial charge on any atom is -0.480 e. The van der Waals surface area contributed by atoms with Gasteiger partial charge in [0.25, 0.3) is 0 Å². The molecule has 5 heteroatoms. The van der Waals surface area contributed by atoms with Crippen LogP contribution in [0.2, 0.25) is 0 Å². The fourth-order valence-electron chi connectivity index (χ4n) is 1.50. The van der Waals surface area contributed by atoms with Crippen LogP contribution < -0.4 is 0 Å². The standard InChI is InChI=1S/C11H17NO4/c1-9(10-4-3-6-16-10)12(5-7-15-2)8-11(13)14/h3-4,6,9H,5,7-8H2,1-2H3,(H,13,14). The molecule has 0 fully saturated rings. The molecule has 0 aliphatic carbocycles. The Morgan fingerprint density at radius 2 is 2.44 bits per heavy atom. The maximum absolute atomic E-state index is 10.7. The topological polar surface area (TPSA) is 62.9 Å². The fraction of sp³-hybridized carbons (Fsp3) is 0.545. The van der Waals surface area contributed by atoms with Gasteiger partial charge >= 0.3 is 5.97 Å². The van der Waals surface area contributed by atoms with Crippen LogP contribution >= 0.6 is 0 Å². The Kier molecular flexibility index (Phi) is 5.01. The number of methoxy groups -OCH3 is 1. The molecule has 0 aliphatic rings. The highest BCUT2D eigenvalue weighted by atomic mass is 16.5. The molecule has 16 heavy (non-hydrogen) atoms. The van der Waals surface area contributed by atoms with E-state index in [0.29, 0.717) is 13.2 Å². The highest BCUT2D eigenvalue weighted by Gasteiger charge is 2.19. The molecule has 90 valence electrons. The number of carboxylic acid groups (broad SMARTS) is 1. The van der Waals surface area contributed by atoms with Crippen LogP contribution in [-0.2, 0) is 9.53 Å². The number of aliphatic carboxylic acids is 1. The number of carboxylic acids is 1. The summed E-state index contributed by atoms with van der Waals surface area (Å²) in [5, 5.41) is 8.82. The zero-order valence-corrected chi connectivity index (χ0v) is 9.55. The Balaban J connectivity index is 2.63. The highest BCUT2D eigenvalue weighted by molar-refractivity contribution is 5.69. The van der Waals surface area contributed by atoms with Gasteiger partial charge < -0.3 is 14.3 Å². The first-order valence-corrected chi connectivity index (χ1v) is 5.13. The minimum atomic E-state index is -0.852. The Morgan fingerprint density at radius 3 is 2.94 bits per heavy atom. The van der Waals surface area contributed by atoms with Gasteiger partial charge in [-0.1, -0.05) is 0 Å². The lowest BCUT2D eigenvalue weighted by Crippen LogP contribution is -2.34. The van der Waals surface area contributed by atoms with E-state index in [1.54, 1.807) is 24.3 Å². The number of nitrogens with zero attached hydrogens (tertiary/aromatic N) is 1. The van der Waals surface area contributed by atoms with Crippen LogP contribution in [0.3, 0.4) is 0 Å².